The van der Waals surface area contributed by atoms with Crippen LogP contribution in [-0.2, 0) is 9.84 Å². The van der Waals surface area contributed by atoms with Crippen molar-refractivity contribution in [1.82, 2.24) is 0 Å². The number of nitrogens with one attached hydrogen (secondary N) is 1. The Kier molecular flexibility index (Phi) is 3.47. The van der Waals surface area contributed by atoms with Gasteiger partial charge in [-0.1, -0.05) is 0 Å². The third-order valence-corrected chi connectivity index (χ3v) is 4.41. The van der Waals surface area contributed by atoms with Crippen LogP contribution in [0.15, 0.2) is 0 Å². The van der Waals surface area contributed by atoms with E-state index < -0.39 is 9.84 Å². The number of rotatable bonds is 2. The summed E-state index contributed by atoms with van der Waals surface area (Å²) in [4.78, 5) is 3.02. The summed E-state index contributed by atoms with van der Waals surface area (Å²) in [6.07, 6.45) is 7.05. The Morgan fingerprint density at radius 2 is 1.77 bits per heavy atom. The molecule has 1 aliphatic rings. The van der Waals surface area contributed by atoms with E-state index >= 15 is 0 Å². The van der Waals surface area contributed by atoms with Gasteiger partial charge >= 0.3 is 0 Å². The lowest BCUT2D eigenvalue weighted by atomic mass is 9.90. The molecule has 0 aliphatic heterocycles. The minimum absolute atomic E-state index is 0.0889. The molecular formula is C9H18NO2S+. The van der Waals surface area contributed by atoms with Crippen LogP contribution in [-0.4, -0.2) is 33.2 Å². The van der Waals surface area contributed by atoms with Gasteiger partial charge in [-0.25, -0.2) is 8.42 Å². The van der Waals surface area contributed by atoms with Crippen molar-refractivity contribution in [3.8, 4) is 0 Å². The van der Waals surface area contributed by atoms with Crippen molar-refractivity contribution in [3.63, 3.8) is 0 Å². The van der Waals surface area contributed by atoms with E-state index in [1.54, 1.807) is 0 Å². The monoisotopic (exact) mass is 204 g/mol. The van der Waals surface area contributed by atoms with Crippen LogP contribution in [0.1, 0.15) is 25.7 Å². The van der Waals surface area contributed by atoms with Crippen LogP contribution in [0.25, 0.3) is 0 Å². The fraction of sp³-hybridized carbons (Fsp3) is 0.889. The van der Waals surface area contributed by atoms with E-state index in [1.807, 2.05) is 7.05 Å². The van der Waals surface area contributed by atoms with Crippen molar-refractivity contribution >= 4 is 16.1 Å². The van der Waals surface area contributed by atoms with Gasteiger partial charge in [-0.2, -0.15) is 0 Å². The van der Waals surface area contributed by atoms with Crippen LogP contribution >= 0.6 is 0 Å². The minimum Gasteiger partial charge on any atom is -0.254 e. The van der Waals surface area contributed by atoms with Gasteiger partial charge in [-0.05, 0) is 25.7 Å². The Balaban J connectivity index is 2.48. The van der Waals surface area contributed by atoms with Crippen LogP contribution in [0.4, 0.5) is 0 Å². The molecule has 0 unspecified atom stereocenters. The van der Waals surface area contributed by atoms with Gasteiger partial charge in [-0.15, -0.1) is 0 Å². The number of hydrogen-bond acceptors (Lipinski definition) is 2. The van der Waals surface area contributed by atoms with Crippen molar-refractivity contribution in [2.24, 2.45) is 5.92 Å². The molecule has 1 saturated carbocycles. The summed E-state index contributed by atoms with van der Waals surface area (Å²) >= 11 is 0. The molecule has 76 valence electrons. The lowest BCUT2D eigenvalue weighted by Gasteiger charge is -2.23. The van der Waals surface area contributed by atoms with E-state index in [-0.39, 0.29) is 5.25 Å². The highest BCUT2D eigenvalue weighted by Crippen LogP contribution is 2.26. The maximum Gasteiger partial charge on any atom is 0.150 e. The predicted octanol–water partition coefficient (Wildman–Crippen LogP) is -0.629. The highest BCUT2D eigenvalue weighted by molar-refractivity contribution is 7.91. The van der Waals surface area contributed by atoms with E-state index in [0.29, 0.717) is 5.92 Å². The van der Waals surface area contributed by atoms with Gasteiger partial charge in [-0.3, -0.25) is 4.99 Å². The van der Waals surface area contributed by atoms with Gasteiger partial charge in [0, 0.05) is 12.2 Å². The first-order valence-electron chi connectivity index (χ1n) is 4.73. The normalized spacial score (nSPS) is 30.9. The lowest BCUT2D eigenvalue weighted by Crippen LogP contribution is -2.64. The second kappa shape index (κ2) is 4.22. The summed E-state index contributed by atoms with van der Waals surface area (Å²) in [5.74, 6) is 0.558. The number of hydrogen-bond donors (Lipinski definition) is 1. The molecule has 1 aliphatic carbocycles. The summed E-state index contributed by atoms with van der Waals surface area (Å²) in [5.41, 5.74) is 0. The fourth-order valence-corrected chi connectivity index (χ4v) is 3.05. The standard InChI is InChI=1S/C9H17NO2S/c1-10-7-8-3-5-9(6-4-8)13(2,11)12/h7-9H,3-6H2,1-2H3/p+1. The van der Waals surface area contributed by atoms with Gasteiger partial charge < -0.3 is 0 Å². The predicted molar refractivity (Wildman–Crippen MR) is 53.5 cm³/mol. The van der Waals surface area contributed by atoms with Crippen molar-refractivity contribution in [1.29, 1.82) is 0 Å². The first-order chi connectivity index (χ1) is 6.04. The Morgan fingerprint density at radius 1 is 1.23 bits per heavy atom. The molecule has 1 N–H and O–H groups in total. The molecule has 1 rings (SSSR count). The van der Waals surface area contributed by atoms with Crippen LogP contribution < -0.4 is 4.99 Å². The Bertz CT molecular complexity index is 274. The molecule has 4 heteroatoms. The molecule has 0 radical (unpaired) electrons. The van der Waals surface area contributed by atoms with Gasteiger partial charge in [0.2, 0.25) is 0 Å². The first-order valence-corrected chi connectivity index (χ1v) is 6.69. The van der Waals surface area contributed by atoms with E-state index in [2.05, 4.69) is 11.2 Å². The molecule has 0 saturated heterocycles. The second-order valence-electron chi connectivity index (χ2n) is 3.82. The van der Waals surface area contributed by atoms with Crippen molar-refractivity contribution < 1.29 is 13.4 Å². The Labute approximate surface area is 80.2 Å². The third-order valence-electron chi connectivity index (χ3n) is 2.73. The SMILES string of the molecule is C[NH+]=CC1CCC(S(C)(=O)=O)CC1. The topological polar surface area (TPSA) is 48.1 Å². The largest absolute Gasteiger partial charge is 0.254 e. The van der Waals surface area contributed by atoms with E-state index in [9.17, 15) is 8.42 Å². The maximum atomic E-state index is 11.2. The van der Waals surface area contributed by atoms with Crippen molar-refractivity contribution in [3.05, 3.63) is 0 Å². The molecule has 3 nitrogen and oxygen atoms in total. The Morgan fingerprint density at radius 3 is 2.15 bits per heavy atom. The van der Waals surface area contributed by atoms with Crippen LogP contribution in [0.5, 0.6) is 0 Å². The third kappa shape index (κ3) is 3.10. The van der Waals surface area contributed by atoms with Gasteiger partial charge in [0.1, 0.15) is 23.1 Å². The van der Waals surface area contributed by atoms with Gasteiger partial charge in [0.05, 0.1) is 5.25 Å². The minimum atomic E-state index is -2.80. The molecule has 0 bridgehead atoms. The quantitative estimate of drug-likeness (QED) is 0.609. The highest BCUT2D eigenvalue weighted by atomic mass is 32.2. The van der Waals surface area contributed by atoms with Crippen LogP contribution in [0.3, 0.4) is 0 Å². The van der Waals surface area contributed by atoms with E-state index in [1.165, 1.54) is 6.26 Å². The van der Waals surface area contributed by atoms with Crippen molar-refractivity contribution in [2.75, 3.05) is 13.3 Å². The smallest absolute Gasteiger partial charge is 0.150 e. The summed E-state index contributed by atoms with van der Waals surface area (Å²) in [7, 11) is -0.907. The molecule has 0 heterocycles. The van der Waals surface area contributed by atoms with E-state index in [4.69, 9.17) is 0 Å². The second-order valence-corrected chi connectivity index (χ2v) is 6.15. The molecular weight excluding hydrogens is 186 g/mol. The van der Waals surface area contributed by atoms with Crippen LogP contribution in [0.2, 0.25) is 0 Å². The molecule has 13 heavy (non-hydrogen) atoms. The zero-order chi connectivity index (χ0) is 9.90. The summed E-state index contributed by atoms with van der Waals surface area (Å²) in [6.45, 7) is 0. The van der Waals surface area contributed by atoms with Gasteiger partial charge in [0.25, 0.3) is 0 Å². The molecule has 0 amide bonds. The summed E-state index contributed by atoms with van der Waals surface area (Å²) in [6, 6.07) is 0. The fourth-order valence-electron chi connectivity index (χ4n) is 1.92. The average molecular weight is 204 g/mol. The molecule has 0 aromatic carbocycles. The van der Waals surface area contributed by atoms with Gasteiger partial charge in [0.15, 0.2) is 0 Å². The number of sulfone groups is 1. The van der Waals surface area contributed by atoms with Crippen molar-refractivity contribution in [2.45, 2.75) is 30.9 Å². The summed E-state index contributed by atoms with van der Waals surface area (Å²) < 4.78 is 22.5. The zero-order valence-corrected chi connectivity index (χ0v) is 9.10. The average Bonchev–Trinajstić information content (AvgIpc) is 2.04. The maximum absolute atomic E-state index is 11.2. The first kappa shape index (κ1) is 10.7. The van der Waals surface area contributed by atoms with E-state index in [0.717, 1.165) is 25.7 Å². The zero-order valence-electron chi connectivity index (χ0n) is 8.29. The molecule has 1 fully saturated rings. The van der Waals surface area contributed by atoms with Crippen LogP contribution in [0, 0.1) is 5.92 Å². The molecule has 0 spiro atoms. The Hall–Kier alpha value is -0.380. The highest BCUT2D eigenvalue weighted by Gasteiger charge is 2.27. The molecule has 0 aromatic rings. The molecule has 0 aromatic heterocycles. The summed E-state index contributed by atoms with van der Waals surface area (Å²) in [5, 5.41) is -0.0889. The lowest BCUT2D eigenvalue weighted by molar-refractivity contribution is -0.417. The molecule has 0 atom stereocenters.